The molecule has 0 radical (unpaired) electrons. The number of hydrogen-bond donors (Lipinski definition) is 0. The molecule has 0 heterocycles. The van der Waals surface area contributed by atoms with Crippen molar-refractivity contribution in [3.63, 3.8) is 0 Å². The van der Waals surface area contributed by atoms with Crippen molar-refractivity contribution in [3.8, 4) is 0 Å². The van der Waals surface area contributed by atoms with Crippen molar-refractivity contribution in [2.75, 3.05) is 19.8 Å². The Labute approximate surface area is 220 Å². The summed E-state index contributed by atoms with van der Waals surface area (Å²) in [6, 6.07) is 4.23. The monoisotopic (exact) mass is 512 g/mol. The van der Waals surface area contributed by atoms with Gasteiger partial charge in [-0.3, -0.25) is 0 Å². The first-order chi connectivity index (χ1) is 17.5. The van der Waals surface area contributed by atoms with Crippen LogP contribution in [0, 0.1) is 17.6 Å². The molecule has 0 bridgehead atoms. The number of aryl methyl sites for hydroxylation is 1. The topological polar surface area (TPSA) is 27.7 Å². The lowest BCUT2D eigenvalue weighted by Gasteiger charge is -2.40. The Morgan fingerprint density at radius 3 is 1.61 bits per heavy atom. The molecule has 1 atom stereocenters. The fraction of sp³-hybridized carbons (Fsp3) is 0.806. The van der Waals surface area contributed by atoms with Crippen LogP contribution in [0.3, 0.4) is 0 Å². The molecule has 1 aromatic carbocycles. The molecule has 0 aliphatic heterocycles. The summed E-state index contributed by atoms with van der Waals surface area (Å²) in [7, 11) is 0. The van der Waals surface area contributed by atoms with Gasteiger partial charge in [0.25, 0.3) is 5.97 Å². The Hall–Kier alpha value is -1.04. The zero-order valence-corrected chi connectivity index (χ0v) is 23.7. The second-order valence-corrected chi connectivity index (χ2v) is 10.1. The molecule has 5 heteroatoms. The van der Waals surface area contributed by atoms with Gasteiger partial charge in [0.1, 0.15) is 0 Å². The van der Waals surface area contributed by atoms with Crippen molar-refractivity contribution >= 4 is 0 Å². The van der Waals surface area contributed by atoms with Gasteiger partial charge in [0.05, 0.1) is 19.8 Å². The number of unbranched alkanes of at least 4 members (excludes halogenated alkanes) is 8. The van der Waals surface area contributed by atoms with Crippen LogP contribution >= 0.6 is 0 Å². The summed E-state index contributed by atoms with van der Waals surface area (Å²) in [6.45, 7) is 10.5. The van der Waals surface area contributed by atoms with Gasteiger partial charge in [-0.1, -0.05) is 91.5 Å². The molecular formula is C31H54F2O3. The highest BCUT2D eigenvalue weighted by atomic mass is 19.2. The maximum atomic E-state index is 13.5. The van der Waals surface area contributed by atoms with Crippen LogP contribution in [0.1, 0.15) is 130 Å². The highest BCUT2D eigenvalue weighted by Crippen LogP contribution is 2.35. The van der Waals surface area contributed by atoms with E-state index in [9.17, 15) is 8.78 Å². The Balaban J connectivity index is 2.71. The van der Waals surface area contributed by atoms with Crippen LogP contribution in [0.15, 0.2) is 18.2 Å². The number of ether oxygens (including phenoxy) is 3. The van der Waals surface area contributed by atoms with Gasteiger partial charge in [0.15, 0.2) is 11.6 Å². The average molecular weight is 513 g/mol. The van der Waals surface area contributed by atoms with Crippen LogP contribution in [-0.2, 0) is 20.6 Å². The van der Waals surface area contributed by atoms with Crippen LogP contribution in [0.2, 0.25) is 0 Å². The maximum absolute atomic E-state index is 13.5. The summed E-state index contributed by atoms with van der Waals surface area (Å²) < 4.78 is 45.8. The Morgan fingerprint density at radius 2 is 1.11 bits per heavy atom. The van der Waals surface area contributed by atoms with Gasteiger partial charge in [-0.2, -0.15) is 0 Å². The average Bonchev–Trinajstić information content (AvgIpc) is 2.88. The first-order valence-corrected chi connectivity index (χ1v) is 14.9. The number of benzene rings is 1. The van der Waals surface area contributed by atoms with E-state index in [1.165, 1.54) is 50.7 Å². The van der Waals surface area contributed by atoms with E-state index in [-0.39, 0.29) is 5.92 Å². The molecule has 1 unspecified atom stereocenters. The standard InChI is InChI=1S/C31H54F2O3/c1-5-9-10-11-12-16-19-28(31(34-23-6-2,35-24-7-3)36-25-8-4)20-17-14-13-15-18-27-21-22-29(32)30(33)26-27/h21-22,26,28H,5-20,23-25H2,1-4H3. The molecule has 1 aromatic rings. The van der Waals surface area contributed by atoms with Crippen molar-refractivity contribution in [2.24, 2.45) is 5.92 Å². The SMILES string of the molecule is CCCCCCCCC(CCCCCCc1ccc(F)c(F)c1)C(OCCC)(OCCC)OCCC. The third kappa shape index (κ3) is 13.5. The van der Waals surface area contributed by atoms with E-state index in [4.69, 9.17) is 14.2 Å². The summed E-state index contributed by atoms with van der Waals surface area (Å²) in [5.74, 6) is -2.27. The van der Waals surface area contributed by atoms with E-state index in [1.54, 1.807) is 6.07 Å². The van der Waals surface area contributed by atoms with Crippen molar-refractivity contribution in [3.05, 3.63) is 35.4 Å². The highest BCUT2D eigenvalue weighted by Gasteiger charge is 2.41. The molecule has 3 nitrogen and oxygen atoms in total. The van der Waals surface area contributed by atoms with Crippen LogP contribution < -0.4 is 0 Å². The van der Waals surface area contributed by atoms with Gasteiger partial charge in [-0.05, 0) is 62.6 Å². The van der Waals surface area contributed by atoms with Gasteiger partial charge >= 0.3 is 0 Å². The van der Waals surface area contributed by atoms with Crippen LogP contribution in [0.4, 0.5) is 8.78 Å². The highest BCUT2D eigenvalue weighted by molar-refractivity contribution is 5.17. The third-order valence-corrected chi connectivity index (χ3v) is 6.68. The van der Waals surface area contributed by atoms with Crippen molar-refractivity contribution in [1.82, 2.24) is 0 Å². The minimum absolute atomic E-state index is 0.208. The smallest absolute Gasteiger partial charge is 0.285 e. The molecule has 1 rings (SSSR count). The summed E-state index contributed by atoms with van der Waals surface area (Å²) in [4.78, 5) is 0. The Kier molecular flexibility index (Phi) is 19.2. The molecule has 210 valence electrons. The lowest BCUT2D eigenvalue weighted by atomic mass is 9.91. The van der Waals surface area contributed by atoms with Gasteiger partial charge in [0.2, 0.25) is 0 Å². The molecule has 0 N–H and O–H groups in total. The summed E-state index contributed by atoms with van der Waals surface area (Å²) in [5.41, 5.74) is 0.864. The summed E-state index contributed by atoms with van der Waals surface area (Å²) in [5, 5.41) is 0. The Morgan fingerprint density at radius 1 is 0.611 bits per heavy atom. The quantitative estimate of drug-likeness (QED) is 0.102. The summed E-state index contributed by atoms with van der Waals surface area (Å²) >= 11 is 0. The molecule has 0 aromatic heterocycles. The number of halogens is 2. The molecule has 0 aliphatic carbocycles. The fourth-order valence-corrected chi connectivity index (χ4v) is 4.65. The molecule has 36 heavy (non-hydrogen) atoms. The predicted octanol–water partition coefficient (Wildman–Crippen LogP) is 9.76. The molecule has 0 amide bonds. The van der Waals surface area contributed by atoms with E-state index in [0.717, 1.165) is 69.8 Å². The number of hydrogen-bond acceptors (Lipinski definition) is 3. The van der Waals surface area contributed by atoms with Crippen molar-refractivity contribution in [1.29, 1.82) is 0 Å². The van der Waals surface area contributed by atoms with E-state index in [2.05, 4.69) is 27.7 Å². The van der Waals surface area contributed by atoms with E-state index < -0.39 is 17.6 Å². The molecule has 0 saturated carbocycles. The van der Waals surface area contributed by atoms with Crippen LogP contribution in [0.5, 0.6) is 0 Å². The lowest BCUT2D eigenvalue weighted by molar-refractivity contribution is -0.406. The second kappa shape index (κ2) is 21.0. The maximum Gasteiger partial charge on any atom is 0.285 e. The van der Waals surface area contributed by atoms with Gasteiger partial charge < -0.3 is 14.2 Å². The summed E-state index contributed by atoms with van der Waals surface area (Å²) in [6.07, 6.45) is 17.5. The van der Waals surface area contributed by atoms with Crippen molar-refractivity contribution < 1.29 is 23.0 Å². The normalized spacial score (nSPS) is 12.8. The fourth-order valence-electron chi connectivity index (χ4n) is 4.65. The first kappa shape index (κ1) is 33.0. The van der Waals surface area contributed by atoms with E-state index >= 15 is 0 Å². The van der Waals surface area contributed by atoms with E-state index in [1.807, 2.05) is 0 Å². The van der Waals surface area contributed by atoms with Crippen LogP contribution in [0.25, 0.3) is 0 Å². The largest absolute Gasteiger partial charge is 0.327 e. The minimum Gasteiger partial charge on any atom is -0.327 e. The molecule has 0 saturated heterocycles. The Bertz CT molecular complexity index is 631. The first-order valence-electron chi connectivity index (χ1n) is 14.9. The molecule has 0 spiro atoms. The predicted molar refractivity (Wildman–Crippen MR) is 146 cm³/mol. The molecule has 0 aliphatic rings. The minimum atomic E-state index is -0.947. The number of rotatable bonds is 24. The van der Waals surface area contributed by atoms with E-state index in [0.29, 0.717) is 19.8 Å². The lowest BCUT2D eigenvalue weighted by Crippen LogP contribution is -2.47. The molecule has 0 fully saturated rings. The van der Waals surface area contributed by atoms with Gasteiger partial charge in [-0.25, -0.2) is 8.78 Å². The molecular weight excluding hydrogens is 458 g/mol. The van der Waals surface area contributed by atoms with Gasteiger partial charge in [0, 0.05) is 5.92 Å². The zero-order chi connectivity index (χ0) is 26.5. The van der Waals surface area contributed by atoms with Crippen LogP contribution in [-0.4, -0.2) is 25.8 Å². The third-order valence-electron chi connectivity index (χ3n) is 6.68. The second-order valence-electron chi connectivity index (χ2n) is 10.1. The van der Waals surface area contributed by atoms with Gasteiger partial charge in [-0.15, -0.1) is 0 Å². The zero-order valence-electron chi connectivity index (χ0n) is 23.7. The van der Waals surface area contributed by atoms with Crippen molar-refractivity contribution in [2.45, 2.75) is 136 Å².